The summed E-state index contributed by atoms with van der Waals surface area (Å²) in [4.78, 5) is 12.8. The summed E-state index contributed by atoms with van der Waals surface area (Å²) >= 11 is 0. The second kappa shape index (κ2) is 5.56. The molecule has 1 heterocycles. The summed E-state index contributed by atoms with van der Waals surface area (Å²) in [7, 11) is 1.52. The van der Waals surface area contributed by atoms with Crippen LogP contribution in [0.15, 0.2) is 6.20 Å². The molecule has 0 unspecified atom stereocenters. The number of carbonyl (C=O) groups excluding carboxylic acids is 1. The molecule has 5 heteroatoms. The minimum atomic E-state index is -1.27. The molecule has 5 nitrogen and oxygen atoms in total. The smallest absolute Gasteiger partial charge is 0.216 e. The normalized spacial score (nSPS) is 26.8. The van der Waals surface area contributed by atoms with Gasteiger partial charge in [0.05, 0.1) is 13.3 Å². The number of nitrogens with zero attached hydrogens (tertiary/aromatic N) is 2. The van der Waals surface area contributed by atoms with Crippen LogP contribution >= 0.6 is 0 Å². The number of carbonyl (C=O) groups is 1. The fourth-order valence-electron chi connectivity index (χ4n) is 2.79. The molecule has 1 aromatic rings. The maximum Gasteiger partial charge on any atom is 0.216 e. The second-order valence-electron chi connectivity index (χ2n) is 6.14. The first-order valence-electron chi connectivity index (χ1n) is 7.27. The number of aromatic nitrogens is 2. The number of ether oxygens (including phenoxy) is 1. The molecule has 0 atom stereocenters. The lowest BCUT2D eigenvalue weighted by molar-refractivity contribution is 0.00303. The van der Waals surface area contributed by atoms with Crippen LogP contribution < -0.4 is 4.74 Å². The number of methoxy groups -OCH3 is 1. The Morgan fingerprint density at radius 2 is 2.10 bits per heavy atom. The summed E-state index contributed by atoms with van der Waals surface area (Å²) in [5.41, 5.74) is -0.883. The Morgan fingerprint density at radius 3 is 2.60 bits per heavy atom. The van der Waals surface area contributed by atoms with Gasteiger partial charge in [-0.1, -0.05) is 6.92 Å². The van der Waals surface area contributed by atoms with Gasteiger partial charge in [0.2, 0.25) is 5.78 Å². The van der Waals surface area contributed by atoms with E-state index < -0.39 is 5.60 Å². The number of ketones is 1. The third-order valence-electron chi connectivity index (χ3n) is 4.21. The zero-order chi connectivity index (χ0) is 14.9. The molecule has 0 spiro atoms. The van der Waals surface area contributed by atoms with Crippen molar-refractivity contribution in [2.75, 3.05) is 7.11 Å². The Morgan fingerprint density at radius 1 is 1.50 bits per heavy atom. The maximum atomic E-state index is 12.8. The average Bonchev–Trinajstić information content (AvgIpc) is 2.85. The quantitative estimate of drug-likeness (QED) is 0.861. The molecule has 1 saturated carbocycles. The summed E-state index contributed by atoms with van der Waals surface area (Å²) < 4.78 is 6.88. The summed E-state index contributed by atoms with van der Waals surface area (Å²) in [6.07, 6.45) is 4.32. The second-order valence-corrected chi connectivity index (χ2v) is 6.14. The van der Waals surface area contributed by atoms with Crippen molar-refractivity contribution < 1.29 is 14.6 Å². The molecule has 0 radical (unpaired) electrons. The SMILES string of the molecule is COc1cnn(C(C)C)c1C(=O)C1(O)CCC(C)CC1. The summed E-state index contributed by atoms with van der Waals surface area (Å²) in [5, 5.41) is 14.9. The molecule has 0 aromatic carbocycles. The fraction of sp³-hybridized carbons (Fsp3) is 0.733. The average molecular weight is 280 g/mol. The lowest BCUT2D eigenvalue weighted by atomic mass is 9.76. The molecule has 1 fully saturated rings. The fourth-order valence-corrected chi connectivity index (χ4v) is 2.79. The van der Waals surface area contributed by atoms with Crippen molar-refractivity contribution in [2.24, 2.45) is 5.92 Å². The number of rotatable bonds is 4. The van der Waals surface area contributed by atoms with Crippen molar-refractivity contribution in [1.82, 2.24) is 9.78 Å². The first-order chi connectivity index (χ1) is 9.39. The monoisotopic (exact) mass is 280 g/mol. The van der Waals surface area contributed by atoms with Crippen molar-refractivity contribution in [3.05, 3.63) is 11.9 Å². The van der Waals surface area contributed by atoms with E-state index in [1.807, 2.05) is 13.8 Å². The van der Waals surface area contributed by atoms with Crippen LogP contribution in [0.5, 0.6) is 5.75 Å². The summed E-state index contributed by atoms with van der Waals surface area (Å²) in [5.74, 6) is 0.753. The van der Waals surface area contributed by atoms with Crippen LogP contribution in [-0.2, 0) is 0 Å². The van der Waals surface area contributed by atoms with E-state index in [9.17, 15) is 9.90 Å². The first kappa shape index (κ1) is 15.0. The van der Waals surface area contributed by atoms with E-state index >= 15 is 0 Å². The van der Waals surface area contributed by atoms with Crippen molar-refractivity contribution in [3.63, 3.8) is 0 Å². The van der Waals surface area contributed by atoms with Crippen molar-refractivity contribution in [1.29, 1.82) is 0 Å². The van der Waals surface area contributed by atoms with Crippen LogP contribution in [0.3, 0.4) is 0 Å². The van der Waals surface area contributed by atoms with Crippen molar-refractivity contribution in [3.8, 4) is 5.75 Å². The molecule has 2 rings (SSSR count). The maximum absolute atomic E-state index is 12.8. The summed E-state index contributed by atoms with van der Waals surface area (Å²) in [6.45, 7) is 6.06. The Balaban J connectivity index is 2.35. The van der Waals surface area contributed by atoms with Gasteiger partial charge in [-0.15, -0.1) is 0 Å². The van der Waals surface area contributed by atoms with Gasteiger partial charge in [-0.05, 0) is 45.4 Å². The van der Waals surface area contributed by atoms with E-state index in [0.29, 0.717) is 30.2 Å². The predicted octanol–water partition coefficient (Wildman–Crippen LogP) is 2.60. The van der Waals surface area contributed by atoms with E-state index in [4.69, 9.17) is 4.74 Å². The molecular formula is C15H24N2O3. The highest BCUT2D eigenvalue weighted by Gasteiger charge is 2.42. The minimum Gasteiger partial charge on any atom is -0.493 e. The van der Waals surface area contributed by atoms with Crippen molar-refractivity contribution >= 4 is 5.78 Å². The predicted molar refractivity (Wildman–Crippen MR) is 76.1 cm³/mol. The van der Waals surface area contributed by atoms with Gasteiger partial charge in [0.1, 0.15) is 11.3 Å². The molecule has 1 N–H and O–H groups in total. The van der Waals surface area contributed by atoms with Gasteiger partial charge in [-0.3, -0.25) is 9.48 Å². The first-order valence-corrected chi connectivity index (χ1v) is 7.27. The van der Waals surface area contributed by atoms with Crippen LogP contribution in [0, 0.1) is 5.92 Å². The van der Waals surface area contributed by atoms with Crippen LogP contribution in [0.25, 0.3) is 0 Å². The van der Waals surface area contributed by atoms with Crippen LogP contribution in [0.2, 0.25) is 0 Å². The van der Waals surface area contributed by atoms with E-state index in [0.717, 1.165) is 12.8 Å². The highest BCUT2D eigenvalue weighted by Crippen LogP contribution is 2.36. The van der Waals surface area contributed by atoms with Gasteiger partial charge < -0.3 is 9.84 Å². The van der Waals surface area contributed by atoms with Gasteiger partial charge in [-0.25, -0.2) is 0 Å². The third kappa shape index (κ3) is 2.59. The van der Waals surface area contributed by atoms with Gasteiger partial charge >= 0.3 is 0 Å². The van der Waals surface area contributed by atoms with Gasteiger partial charge in [0.25, 0.3) is 0 Å². The van der Waals surface area contributed by atoms with E-state index in [-0.39, 0.29) is 11.8 Å². The van der Waals surface area contributed by atoms with Crippen LogP contribution in [0.4, 0.5) is 0 Å². The number of hydrogen-bond donors (Lipinski definition) is 1. The van der Waals surface area contributed by atoms with Gasteiger partial charge in [0.15, 0.2) is 5.75 Å². The highest BCUT2D eigenvalue weighted by molar-refractivity contribution is 6.03. The third-order valence-corrected chi connectivity index (χ3v) is 4.21. The Labute approximate surface area is 119 Å². The molecule has 1 aromatic heterocycles. The lowest BCUT2D eigenvalue weighted by Gasteiger charge is -2.33. The molecular weight excluding hydrogens is 256 g/mol. The molecule has 0 bridgehead atoms. The zero-order valence-corrected chi connectivity index (χ0v) is 12.7. The molecule has 0 saturated heterocycles. The van der Waals surface area contributed by atoms with Crippen LogP contribution in [-0.4, -0.2) is 33.4 Å². The zero-order valence-electron chi connectivity index (χ0n) is 12.7. The number of aliphatic hydroxyl groups is 1. The molecule has 0 aliphatic heterocycles. The molecule has 1 aliphatic rings. The highest BCUT2D eigenvalue weighted by atomic mass is 16.5. The largest absolute Gasteiger partial charge is 0.493 e. The van der Waals surface area contributed by atoms with E-state index in [1.54, 1.807) is 10.9 Å². The van der Waals surface area contributed by atoms with Gasteiger partial charge in [0, 0.05) is 6.04 Å². The Kier molecular flexibility index (Phi) is 4.18. The lowest BCUT2D eigenvalue weighted by Crippen LogP contribution is -2.43. The van der Waals surface area contributed by atoms with Crippen LogP contribution in [0.1, 0.15) is 63.0 Å². The van der Waals surface area contributed by atoms with Crippen molar-refractivity contribution in [2.45, 2.75) is 58.1 Å². The van der Waals surface area contributed by atoms with E-state index in [2.05, 4.69) is 12.0 Å². The Hall–Kier alpha value is -1.36. The molecule has 1 aliphatic carbocycles. The molecule has 0 amide bonds. The topological polar surface area (TPSA) is 64.4 Å². The Bertz CT molecular complexity index is 485. The molecule has 112 valence electrons. The minimum absolute atomic E-state index is 0.0453. The molecule has 20 heavy (non-hydrogen) atoms. The summed E-state index contributed by atoms with van der Waals surface area (Å²) in [6, 6.07) is 0.0453. The standard InChI is InChI=1S/C15H24N2O3/c1-10(2)17-13(12(20-4)9-16-17)14(18)15(19)7-5-11(3)6-8-15/h9-11,19H,5-8H2,1-4H3. The number of Topliss-reactive ketones (excluding diaryl/α,β-unsaturated/α-hetero) is 1. The van der Waals surface area contributed by atoms with Gasteiger partial charge in [-0.2, -0.15) is 5.10 Å². The van der Waals surface area contributed by atoms with E-state index in [1.165, 1.54) is 7.11 Å². The number of hydrogen-bond acceptors (Lipinski definition) is 4.